The minimum atomic E-state index is -0.153. The number of nitrogens with zero attached hydrogens (tertiary/aromatic N) is 4. The molecule has 3 heterocycles. The second-order valence-electron chi connectivity index (χ2n) is 8.83. The van der Waals surface area contributed by atoms with Crippen LogP contribution in [0.1, 0.15) is 53.0 Å². The Labute approximate surface area is 199 Å². The van der Waals surface area contributed by atoms with E-state index in [1.165, 1.54) is 6.33 Å². The number of carbonyl (C=O) groups excluding carboxylic acids is 1. The van der Waals surface area contributed by atoms with Crippen LogP contribution in [0.3, 0.4) is 0 Å². The lowest BCUT2D eigenvalue weighted by Crippen LogP contribution is -2.49. The van der Waals surface area contributed by atoms with Crippen molar-refractivity contribution >= 4 is 29.1 Å². The van der Waals surface area contributed by atoms with Gasteiger partial charge in [-0.2, -0.15) is 0 Å². The molecule has 2 aromatic rings. The van der Waals surface area contributed by atoms with Crippen LogP contribution in [-0.2, 0) is 12.8 Å². The Morgan fingerprint density at radius 1 is 1.03 bits per heavy atom. The lowest BCUT2D eigenvalue weighted by Gasteiger charge is -2.41. The molecular formula is C24H30Cl2N4O2. The van der Waals surface area contributed by atoms with Crippen molar-refractivity contribution in [2.75, 3.05) is 26.2 Å². The van der Waals surface area contributed by atoms with Gasteiger partial charge in [-0.1, -0.05) is 29.3 Å². The Hall–Kier alpha value is -1.73. The highest BCUT2D eigenvalue weighted by Crippen LogP contribution is 2.25. The second kappa shape index (κ2) is 10.5. The van der Waals surface area contributed by atoms with Gasteiger partial charge in [-0.15, -0.1) is 0 Å². The van der Waals surface area contributed by atoms with Gasteiger partial charge in [0.05, 0.1) is 16.1 Å². The number of piperidine rings is 2. The van der Waals surface area contributed by atoms with Crippen molar-refractivity contribution in [3.8, 4) is 0 Å². The number of amides is 1. The molecule has 1 aromatic heterocycles. The monoisotopic (exact) mass is 476 g/mol. The van der Waals surface area contributed by atoms with Crippen molar-refractivity contribution in [3.05, 3.63) is 57.1 Å². The molecule has 1 aromatic carbocycles. The second-order valence-corrected chi connectivity index (χ2v) is 9.65. The Morgan fingerprint density at radius 3 is 2.44 bits per heavy atom. The Kier molecular flexibility index (Phi) is 7.66. The van der Waals surface area contributed by atoms with E-state index < -0.39 is 0 Å². The number of aryl methyl sites for hydroxylation is 2. The fourth-order valence-corrected chi connectivity index (χ4v) is 5.07. The van der Waals surface area contributed by atoms with E-state index in [1.807, 2.05) is 24.0 Å². The smallest absolute Gasteiger partial charge is 0.272 e. The Balaban J connectivity index is 1.36. The molecule has 0 unspecified atom stereocenters. The summed E-state index contributed by atoms with van der Waals surface area (Å²) in [6.45, 7) is 5.32. The van der Waals surface area contributed by atoms with Gasteiger partial charge in [0.1, 0.15) is 12.0 Å². The molecule has 0 bridgehead atoms. The summed E-state index contributed by atoms with van der Waals surface area (Å²) in [6, 6.07) is 6.14. The zero-order valence-electron chi connectivity index (χ0n) is 18.4. The first-order valence-electron chi connectivity index (χ1n) is 11.4. The van der Waals surface area contributed by atoms with E-state index in [2.05, 4.69) is 14.9 Å². The Morgan fingerprint density at radius 2 is 1.75 bits per heavy atom. The lowest BCUT2D eigenvalue weighted by molar-refractivity contribution is 0.0355. The van der Waals surface area contributed by atoms with Crippen LogP contribution in [-0.4, -0.2) is 69.1 Å². The predicted molar refractivity (Wildman–Crippen MR) is 126 cm³/mol. The van der Waals surface area contributed by atoms with Gasteiger partial charge < -0.3 is 14.9 Å². The van der Waals surface area contributed by atoms with Gasteiger partial charge in [0.15, 0.2) is 0 Å². The first-order valence-corrected chi connectivity index (χ1v) is 12.1. The molecule has 8 heteroatoms. The van der Waals surface area contributed by atoms with Crippen LogP contribution >= 0.6 is 23.2 Å². The maximum Gasteiger partial charge on any atom is 0.272 e. The van der Waals surface area contributed by atoms with E-state index >= 15 is 0 Å². The molecule has 6 nitrogen and oxygen atoms in total. The van der Waals surface area contributed by atoms with Gasteiger partial charge in [0, 0.05) is 43.5 Å². The molecule has 2 saturated heterocycles. The zero-order valence-corrected chi connectivity index (χ0v) is 19.9. The molecule has 2 aliphatic rings. The molecule has 0 saturated carbocycles. The van der Waals surface area contributed by atoms with Crippen molar-refractivity contribution in [1.82, 2.24) is 19.8 Å². The van der Waals surface area contributed by atoms with Crippen LogP contribution in [0, 0.1) is 6.92 Å². The fourth-order valence-electron chi connectivity index (χ4n) is 4.75. The van der Waals surface area contributed by atoms with Crippen molar-refractivity contribution in [3.63, 3.8) is 0 Å². The van der Waals surface area contributed by atoms with Crippen molar-refractivity contribution in [2.24, 2.45) is 0 Å². The zero-order chi connectivity index (χ0) is 22.7. The van der Waals surface area contributed by atoms with Crippen LogP contribution in [0.25, 0.3) is 0 Å². The van der Waals surface area contributed by atoms with Crippen molar-refractivity contribution in [2.45, 2.75) is 57.6 Å². The largest absolute Gasteiger partial charge is 0.393 e. The van der Waals surface area contributed by atoms with Gasteiger partial charge in [-0.05, 0) is 63.1 Å². The summed E-state index contributed by atoms with van der Waals surface area (Å²) in [7, 11) is 0. The summed E-state index contributed by atoms with van der Waals surface area (Å²) in [4.78, 5) is 26.4. The van der Waals surface area contributed by atoms with Crippen LogP contribution in [0.4, 0.5) is 0 Å². The molecule has 32 heavy (non-hydrogen) atoms. The minimum absolute atomic E-state index is 0.00629. The number of hydrogen-bond acceptors (Lipinski definition) is 5. The summed E-state index contributed by atoms with van der Waals surface area (Å²) in [6.07, 6.45) is 6.45. The summed E-state index contributed by atoms with van der Waals surface area (Å²) in [5, 5.41) is 10.8. The average Bonchev–Trinajstić information content (AvgIpc) is 2.81. The van der Waals surface area contributed by atoms with Crippen LogP contribution in [0.15, 0.2) is 24.5 Å². The molecule has 0 atom stereocenters. The highest BCUT2D eigenvalue weighted by Gasteiger charge is 2.30. The summed E-state index contributed by atoms with van der Waals surface area (Å²) >= 11 is 12.1. The van der Waals surface area contributed by atoms with E-state index in [-0.39, 0.29) is 12.0 Å². The molecule has 2 fully saturated rings. The van der Waals surface area contributed by atoms with E-state index in [9.17, 15) is 9.90 Å². The van der Waals surface area contributed by atoms with Gasteiger partial charge >= 0.3 is 0 Å². The molecule has 4 rings (SSSR count). The van der Waals surface area contributed by atoms with Gasteiger partial charge in [0.2, 0.25) is 0 Å². The van der Waals surface area contributed by atoms with Gasteiger partial charge in [0.25, 0.3) is 5.91 Å². The maximum atomic E-state index is 13.2. The lowest BCUT2D eigenvalue weighted by atomic mass is 9.98. The summed E-state index contributed by atoms with van der Waals surface area (Å²) in [5.74, 6) is -0.00629. The number of halogens is 2. The summed E-state index contributed by atoms with van der Waals surface area (Å²) in [5.41, 5.74) is 3.32. The number of likely N-dealkylation sites (tertiary alicyclic amines) is 2. The molecule has 1 N–H and O–H groups in total. The number of aliphatic hydroxyl groups is 1. The fraction of sp³-hybridized carbons (Fsp3) is 0.542. The molecular weight excluding hydrogens is 447 g/mol. The highest BCUT2D eigenvalue weighted by molar-refractivity contribution is 6.42. The third-order valence-electron chi connectivity index (χ3n) is 6.79. The van der Waals surface area contributed by atoms with Crippen LogP contribution in [0.2, 0.25) is 10.0 Å². The van der Waals surface area contributed by atoms with Gasteiger partial charge in [-0.25, -0.2) is 9.97 Å². The number of rotatable bonds is 5. The van der Waals surface area contributed by atoms with Crippen molar-refractivity contribution < 1.29 is 9.90 Å². The highest BCUT2D eigenvalue weighted by atomic mass is 35.5. The standard InChI is InChI=1S/C24H30Cl2N4O2/c1-16-22(5-3-17-2-4-20(25)21(26)14-17)27-15-28-23(16)24(32)30-10-6-18(7-11-30)29-12-8-19(31)9-13-29/h2,4,14-15,18-19,31H,3,5-13H2,1H3. The van der Waals surface area contributed by atoms with Crippen LogP contribution in [0.5, 0.6) is 0 Å². The van der Waals surface area contributed by atoms with E-state index in [1.54, 1.807) is 6.07 Å². The molecule has 2 aliphatic heterocycles. The first kappa shape index (κ1) is 23.4. The Bertz CT molecular complexity index is 955. The SMILES string of the molecule is Cc1c(CCc2ccc(Cl)c(Cl)c2)ncnc1C(=O)N1CCC(N2CCC(O)CC2)CC1. The third-order valence-corrected chi connectivity index (χ3v) is 7.53. The minimum Gasteiger partial charge on any atom is -0.393 e. The number of benzene rings is 1. The van der Waals surface area contributed by atoms with E-state index in [0.717, 1.165) is 75.1 Å². The molecule has 0 radical (unpaired) electrons. The average molecular weight is 477 g/mol. The van der Waals surface area contributed by atoms with Gasteiger partial charge in [-0.3, -0.25) is 4.79 Å². The number of carbonyl (C=O) groups is 1. The molecule has 0 aliphatic carbocycles. The van der Waals surface area contributed by atoms with Crippen molar-refractivity contribution in [1.29, 1.82) is 0 Å². The van der Waals surface area contributed by atoms with E-state index in [4.69, 9.17) is 23.2 Å². The first-order chi connectivity index (χ1) is 15.4. The quantitative estimate of drug-likeness (QED) is 0.707. The molecule has 1 amide bonds. The molecule has 172 valence electrons. The molecule has 0 spiro atoms. The number of aromatic nitrogens is 2. The maximum absolute atomic E-state index is 13.2. The number of hydrogen-bond donors (Lipinski definition) is 1. The number of aliphatic hydroxyl groups excluding tert-OH is 1. The summed E-state index contributed by atoms with van der Waals surface area (Å²) < 4.78 is 0. The predicted octanol–water partition coefficient (Wildman–Crippen LogP) is 3.94. The normalized spacial score (nSPS) is 18.8. The van der Waals surface area contributed by atoms with E-state index in [0.29, 0.717) is 28.2 Å². The van der Waals surface area contributed by atoms with Crippen LogP contribution < -0.4 is 0 Å². The topological polar surface area (TPSA) is 69.6 Å². The third kappa shape index (κ3) is 5.42.